The first-order valence-electron chi connectivity index (χ1n) is 8.80. The first kappa shape index (κ1) is 16.6. The molecule has 0 spiro atoms. The number of nitrogens with zero attached hydrogens (tertiary/aromatic N) is 4. The van der Waals surface area contributed by atoms with Crippen LogP contribution in [-0.2, 0) is 0 Å². The maximum Gasteiger partial charge on any atom is 0.263 e. The zero-order valence-corrected chi connectivity index (χ0v) is 14.6. The molecule has 6 heteroatoms. The average molecular weight is 348 g/mol. The van der Waals surface area contributed by atoms with Crippen LogP contribution in [0.1, 0.15) is 34.8 Å². The number of nitriles is 1. The van der Waals surface area contributed by atoms with Gasteiger partial charge in [-0.3, -0.25) is 14.7 Å². The quantitative estimate of drug-likeness (QED) is 0.853. The highest BCUT2D eigenvalue weighted by Crippen LogP contribution is 2.41. The van der Waals surface area contributed by atoms with E-state index in [0.29, 0.717) is 22.6 Å². The Kier molecular flexibility index (Phi) is 4.31. The van der Waals surface area contributed by atoms with Crippen molar-refractivity contribution in [3.8, 4) is 11.8 Å². The lowest BCUT2D eigenvalue weighted by atomic mass is 10.0. The second-order valence-electron chi connectivity index (χ2n) is 6.76. The van der Waals surface area contributed by atoms with E-state index in [1.807, 2.05) is 18.2 Å². The van der Waals surface area contributed by atoms with E-state index in [0.717, 1.165) is 25.9 Å². The van der Waals surface area contributed by atoms with Crippen molar-refractivity contribution in [3.05, 3.63) is 53.9 Å². The number of carbonyl (C=O) groups is 1. The topological polar surface area (TPSA) is 69.5 Å². The number of benzene rings is 1. The summed E-state index contributed by atoms with van der Waals surface area (Å²) in [6, 6.07) is 10.7. The number of ether oxygens (including phenoxy) is 1. The molecule has 1 aromatic carbocycles. The molecule has 26 heavy (non-hydrogen) atoms. The van der Waals surface area contributed by atoms with Gasteiger partial charge in [-0.25, -0.2) is 0 Å². The van der Waals surface area contributed by atoms with Crippen LogP contribution in [0.2, 0.25) is 0 Å². The Bertz CT molecular complexity index is 854. The van der Waals surface area contributed by atoms with Gasteiger partial charge < -0.3 is 9.64 Å². The second kappa shape index (κ2) is 6.77. The number of likely N-dealkylation sites (tertiary alicyclic amines) is 1. The molecule has 1 aromatic heterocycles. The lowest BCUT2D eigenvalue weighted by molar-refractivity contribution is 0.0968. The second-order valence-corrected chi connectivity index (χ2v) is 6.76. The van der Waals surface area contributed by atoms with Gasteiger partial charge in [-0.15, -0.1) is 0 Å². The fraction of sp³-hybridized carbons (Fsp3) is 0.350. The summed E-state index contributed by atoms with van der Waals surface area (Å²) in [5.74, 6) is 0.372. The molecule has 2 aliphatic rings. The molecule has 0 radical (unpaired) electrons. The molecule has 2 aliphatic heterocycles. The Morgan fingerprint density at radius 2 is 2.04 bits per heavy atom. The number of carbonyl (C=O) groups excluding carboxylic acids is 1. The molecule has 6 nitrogen and oxygen atoms in total. The Balaban J connectivity index is 1.68. The van der Waals surface area contributed by atoms with Crippen LogP contribution < -0.4 is 9.64 Å². The number of hydrogen-bond donors (Lipinski definition) is 0. The van der Waals surface area contributed by atoms with Crippen LogP contribution in [0.5, 0.6) is 5.75 Å². The van der Waals surface area contributed by atoms with Gasteiger partial charge in [0.25, 0.3) is 5.91 Å². The van der Waals surface area contributed by atoms with Gasteiger partial charge in [-0.1, -0.05) is 12.1 Å². The van der Waals surface area contributed by atoms with E-state index in [1.54, 1.807) is 24.5 Å². The molecule has 4 rings (SSSR count). The van der Waals surface area contributed by atoms with Crippen LogP contribution in [0.4, 0.5) is 5.69 Å². The van der Waals surface area contributed by atoms with Crippen LogP contribution in [0.25, 0.3) is 0 Å². The van der Waals surface area contributed by atoms with E-state index >= 15 is 0 Å². The number of hydrogen-bond acceptors (Lipinski definition) is 5. The molecule has 3 heterocycles. The molecule has 1 saturated heterocycles. The van der Waals surface area contributed by atoms with Crippen LogP contribution in [0, 0.1) is 11.3 Å². The van der Waals surface area contributed by atoms with Crippen LogP contribution in [-0.4, -0.2) is 42.0 Å². The third-order valence-electron chi connectivity index (χ3n) is 5.05. The van der Waals surface area contributed by atoms with E-state index in [2.05, 4.69) is 23.0 Å². The minimum absolute atomic E-state index is 0.0958. The van der Waals surface area contributed by atoms with Gasteiger partial charge in [-0.2, -0.15) is 5.26 Å². The van der Waals surface area contributed by atoms with E-state index in [4.69, 9.17) is 4.74 Å². The number of aromatic nitrogens is 1. The zero-order valence-electron chi connectivity index (χ0n) is 14.6. The predicted octanol–water partition coefficient (Wildman–Crippen LogP) is 2.78. The number of anilines is 1. The highest BCUT2D eigenvalue weighted by atomic mass is 16.5. The lowest BCUT2D eigenvalue weighted by Crippen LogP contribution is -2.36. The molecule has 132 valence electrons. The minimum atomic E-state index is -0.664. The molecule has 0 saturated carbocycles. The number of piperidine rings is 1. The highest BCUT2D eigenvalue weighted by molar-refractivity contribution is 6.13. The van der Waals surface area contributed by atoms with Crippen molar-refractivity contribution < 1.29 is 9.53 Å². The molecule has 2 aromatic rings. The Hall–Kier alpha value is -2.91. The zero-order chi connectivity index (χ0) is 18.1. The lowest BCUT2D eigenvalue weighted by Gasteiger charge is -2.29. The van der Waals surface area contributed by atoms with Gasteiger partial charge in [-0.05, 0) is 38.1 Å². The van der Waals surface area contributed by atoms with Crippen LogP contribution in [0.3, 0.4) is 0 Å². The summed E-state index contributed by atoms with van der Waals surface area (Å²) in [4.78, 5) is 21.0. The van der Waals surface area contributed by atoms with E-state index in [9.17, 15) is 10.1 Å². The Morgan fingerprint density at radius 1 is 1.23 bits per heavy atom. The summed E-state index contributed by atoms with van der Waals surface area (Å²) in [7, 11) is 2.10. The van der Waals surface area contributed by atoms with Crippen molar-refractivity contribution in [2.75, 3.05) is 25.0 Å². The summed E-state index contributed by atoms with van der Waals surface area (Å²) >= 11 is 0. The first-order chi connectivity index (χ1) is 12.7. The molecule has 0 aliphatic carbocycles. The molecule has 1 amide bonds. The average Bonchev–Trinajstić information content (AvgIpc) is 2.97. The normalized spacial score (nSPS) is 20.7. The van der Waals surface area contributed by atoms with Gasteiger partial charge in [0.05, 0.1) is 23.5 Å². The first-order valence-corrected chi connectivity index (χ1v) is 8.80. The van der Waals surface area contributed by atoms with Crippen molar-refractivity contribution in [2.45, 2.75) is 25.0 Å². The standard InChI is InChI=1S/C20H20N4O2/c1-23-10-7-15(8-11-23)26-18-6-2-5-16-17(12-21)24(20(25)19(16)18)14-4-3-9-22-13-14/h2-6,9,13,15,17H,7-8,10-11H2,1H3. The molecule has 1 unspecified atom stereocenters. The molecule has 1 atom stereocenters. The smallest absolute Gasteiger partial charge is 0.263 e. The van der Waals surface area contributed by atoms with E-state index < -0.39 is 6.04 Å². The monoisotopic (exact) mass is 348 g/mol. The predicted molar refractivity (Wildman–Crippen MR) is 97.0 cm³/mol. The molecule has 1 fully saturated rings. The van der Waals surface area contributed by atoms with Crippen LogP contribution in [0.15, 0.2) is 42.7 Å². The van der Waals surface area contributed by atoms with Gasteiger partial charge in [0.15, 0.2) is 6.04 Å². The maximum absolute atomic E-state index is 13.1. The highest BCUT2D eigenvalue weighted by Gasteiger charge is 2.40. The summed E-state index contributed by atoms with van der Waals surface area (Å²) in [5, 5.41) is 9.69. The summed E-state index contributed by atoms with van der Waals surface area (Å²) in [6.07, 6.45) is 5.21. The van der Waals surface area contributed by atoms with Crippen molar-refractivity contribution >= 4 is 11.6 Å². The maximum atomic E-state index is 13.1. The summed E-state index contributed by atoms with van der Waals surface area (Å²) in [6.45, 7) is 1.96. The SMILES string of the molecule is CN1CCC(Oc2cccc3c2C(=O)N(c2cccnc2)C3C#N)CC1. The molecule has 0 N–H and O–H groups in total. The molecular formula is C20H20N4O2. The fourth-order valence-corrected chi connectivity index (χ4v) is 3.65. The van der Waals surface area contributed by atoms with Crippen molar-refractivity contribution in [3.63, 3.8) is 0 Å². The largest absolute Gasteiger partial charge is 0.489 e. The number of fused-ring (bicyclic) bond motifs is 1. The van der Waals surface area contributed by atoms with E-state index in [1.165, 1.54) is 4.90 Å². The third kappa shape index (κ3) is 2.80. The van der Waals surface area contributed by atoms with E-state index in [-0.39, 0.29) is 12.0 Å². The fourth-order valence-electron chi connectivity index (χ4n) is 3.65. The minimum Gasteiger partial charge on any atom is -0.489 e. The van der Waals surface area contributed by atoms with Crippen LogP contribution >= 0.6 is 0 Å². The van der Waals surface area contributed by atoms with Crippen molar-refractivity contribution in [1.82, 2.24) is 9.88 Å². The van der Waals surface area contributed by atoms with Gasteiger partial charge in [0.2, 0.25) is 0 Å². The van der Waals surface area contributed by atoms with Crippen molar-refractivity contribution in [1.29, 1.82) is 5.26 Å². The number of rotatable bonds is 3. The number of pyridine rings is 1. The van der Waals surface area contributed by atoms with Gasteiger partial charge in [0.1, 0.15) is 11.9 Å². The Morgan fingerprint density at radius 3 is 2.73 bits per heavy atom. The van der Waals surface area contributed by atoms with Gasteiger partial charge >= 0.3 is 0 Å². The van der Waals surface area contributed by atoms with Gasteiger partial charge in [0, 0.05) is 24.8 Å². The third-order valence-corrected chi connectivity index (χ3v) is 5.05. The summed E-state index contributed by atoms with van der Waals surface area (Å²) in [5.41, 5.74) is 1.82. The molecular weight excluding hydrogens is 328 g/mol. The van der Waals surface area contributed by atoms with Crippen molar-refractivity contribution in [2.24, 2.45) is 0 Å². The molecule has 0 bridgehead atoms. The Labute approximate surface area is 152 Å². The summed E-state index contributed by atoms with van der Waals surface area (Å²) < 4.78 is 6.19. The number of amides is 1.